The van der Waals surface area contributed by atoms with Crippen molar-refractivity contribution in [2.45, 2.75) is 52.2 Å². The van der Waals surface area contributed by atoms with Crippen molar-refractivity contribution in [2.24, 2.45) is 4.99 Å². The van der Waals surface area contributed by atoms with Crippen molar-refractivity contribution < 1.29 is 4.52 Å². The molecular weight excluding hydrogens is 294 g/mol. The Morgan fingerprint density at radius 3 is 3.13 bits per heavy atom. The van der Waals surface area contributed by atoms with Gasteiger partial charge in [-0.2, -0.15) is 5.10 Å². The van der Waals surface area contributed by atoms with Crippen molar-refractivity contribution in [2.75, 3.05) is 6.54 Å². The molecule has 1 aliphatic rings. The van der Waals surface area contributed by atoms with Crippen molar-refractivity contribution in [3.63, 3.8) is 0 Å². The molecule has 2 N–H and O–H groups in total. The number of aliphatic imine (C=N–C) groups is 1. The molecule has 23 heavy (non-hydrogen) atoms. The fraction of sp³-hybridized carbons (Fsp3) is 0.600. The lowest BCUT2D eigenvalue weighted by molar-refractivity contribution is 0.391. The number of aromatic nitrogens is 4. The SMILES string of the molecule is CCNC(=NCc1ccon1)NC1CCc2nc(CC)nn2C1. The molecule has 1 atom stereocenters. The van der Waals surface area contributed by atoms with E-state index in [1.54, 1.807) is 6.26 Å². The van der Waals surface area contributed by atoms with Crippen LogP contribution in [-0.2, 0) is 25.9 Å². The van der Waals surface area contributed by atoms with E-state index in [4.69, 9.17) is 4.52 Å². The molecule has 0 spiro atoms. The van der Waals surface area contributed by atoms with E-state index in [1.165, 1.54) is 0 Å². The van der Waals surface area contributed by atoms with Crippen LogP contribution in [0.25, 0.3) is 0 Å². The van der Waals surface area contributed by atoms with Crippen LogP contribution in [-0.4, -0.2) is 38.5 Å². The highest BCUT2D eigenvalue weighted by Crippen LogP contribution is 2.13. The summed E-state index contributed by atoms with van der Waals surface area (Å²) >= 11 is 0. The summed E-state index contributed by atoms with van der Waals surface area (Å²) < 4.78 is 6.85. The normalized spacial score (nSPS) is 17.8. The van der Waals surface area contributed by atoms with E-state index in [2.05, 4.69) is 44.7 Å². The second kappa shape index (κ2) is 7.26. The molecule has 3 heterocycles. The van der Waals surface area contributed by atoms with Crippen molar-refractivity contribution in [1.82, 2.24) is 30.6 Å². The summed E-state index contributed by atoms with van der Waals surface area (Å²) in [5, 5.41) is 15.2. The van der Waals surface area contributed by atoms with E-state index in [0.29, 0.717) is 12.6 Å². The van der Waals surface area contributed by atoms with E-state index in [9.17, 15) is 0 Å². The highest BCUT2D eigenvalue weighted by atomic mass is 16.5. The average molecular weight is 317 g/mol. The fourth-order valence-electron chi connectivity index (χ4n) is 2.62. The molecule has 0 bridgehead atoms. The number of nitrogens with zero attached hydrogens (tertiary/aromatic N) is 5. The van der Waals surface area contributed by atoms with Gasteiger partial charge >= 0.3 is 0 Å². The van der Waals surface area contributed by atoms with Crippen molar-refractivity contribution >= 4 is 5.96 Å². The molecule has 3 rings (SSSR count). The second-order valence-corrected chi connectivity index (χ2v) is 5.55. The maximum Gasteiger partial charge on any atom is 0.191 e. The molecule has 8 nitrogen and oxygen atoms in total. The van der Waals surface area contributed by atoms with E-state index in [1.807, 2.05) is 10.7 Å². The predicted octanol–water partition coefficient (Wildman–Crippen LogP) is 0.899. The summed E-state index contributed by atoms with van der Waals surface area (Å²) in [5.41, 5.74) is 0.817. The van der Waals surface area contributed by atoms with Gasteiger partial charge in [-0.1, -0.05) is 12.1 Å². The molecular formula is C15H23N7O. The Hall–Kier alpha value is -2.38. The summed E-state index contributed by atoms with van der Waals surface area (Å²) in [7, 11) is 0. The second-order valence-electron chi connectivity index (χ2n) is 5.55. The first-order valence-electron chi connectivity index (χ1n) is 8.15. The highest BCUT2D eigenvalue weighted by molar-refractivity contribution is 5.80. The van der Waals surface area contributed by atoms with Gasteiger partial charge in [0.15, 0.2) is 11.8 Å². The number of hydrogen-bond acceptors (Lipinski definition) is 5. The topological polar surface area (TPSA) is 93.2 Å². The standard InChI is InChI=1S/C15H23N7O/c1-3-13-19-14-6-5-12(10-22(14)20-13)18-15(16-4-2)17-9-11-7-8-23-21-11/h7-8,12H,3-6,9-10H2,1-2H3,(H2,16,17,18). The Morgan fingerprint density at radius 1 is 1.48 bits per heavy atom. The van der Waals surface area contributed by atoms with Crippen LogP contribution in [0.4, 0.5) is 0 Å². The summed E-state index contributed by atoms with van der Waals surface area (Å²) in [6, 6.07) is 2.12. The van der Waals surface area contributed by atoms with Gasteiger partial charge in [0, 0.05) is 31.5 Å². The lowest BCUT2D eigenvalue weighted by atomic mass is 10.1. The summed E-state index contributed by atoms with van der Waals surface area (Å²) in [5.74, 6) is 2.80. The van der Waals surface area contributed by atoms with Gasteiger partial charge in [0.1, 0.15) is 17.8 Å². The third-order valence-corrected chi connectivity index (χ3v) is 3.79. The van der Waals surface area contributed by atoms with Crippen LogP contribution < -0.4 is 10.6 Å². The summed E-state index contributed by atoms with van der Waals surface area (Å²) in [4.78, 5) is 9.10. The van der Waals surface area contributed by atoms with E-state index >= 15 is 0 Å². The molecule has 0 saturated heterocycles. The quantitative estimate of drug-likeness (QED) is 0.628. The predicted molar refractivity (Wildman–Crippen MR) is 86.0 cm³/mol. The van der Waals surface area contributed by atoms with Gasteiger partial charge in [0.2, 0.25) is 0 Å². The van der Waals surface area contributed by atoms with Gasteiger partial charge in [0.05, 0.1) is 13.1 Å². The Kier molecular flexibility index (Phi) is 4.89. The molecule has 0 amide bonds. The molecule has 1 aliphatic heterocycles. The zero-order chi connectivity index (χ0) is 16.1. The molecule has 1 unspecified atom stereocenters. The third-order valence-electron chi connectivity index (χ3n) is 3.79. The van der Waals surface area contributed by atoms with Crippen molar-refractivity contribution in [3.05, 3.63) is 29.7 Å². The number of aryl methyl sites for hydroxylation is 2. The molecule has 0 fully saturated rings. The first-order chi connectivity index (χ1) is 11.3. The number of fused-ring (bicyclic) bond motifs is 1. The molecule has 8 heteroatoms. The Morgan fingerprint density at radius 2 is 2.39 bits per heavy atom. The fourth-order valence-corrected chi connectivity index (χ4v) is 2.62. The third kappa shape index (κ3) is 3.88. The monoisotopic (exact) mass is 317 g/mol. The van der Waals surface area contributed by atoms with Crippen LogP contribution in [0.3, 0.4) is 0 Å². The Labute approximate surface area is 135 Å². The van der Waals surface area contributed by atoms with Crippen LogP contribution in [0.15, 0.2) is 21.8 Å². The molecule has 124 valence electrons. The van der Waals surface area contributed by atoms with Crippen LogP contribution in [0.1, 0.15) is 37.6 Å². The van der Waals surface area contributed by atoms with Crippen LogP contribution in [0.2, 0.25) is 0 Å². The summed E-state index contributed by atoms with van der Waals surface area (Å²) in [6.45, 7) is 6.25. The minimum Gasteiger partial charge on any atom is -0.364 e. The minimum atomic E-state index is 0.295. The molecule has 0 aliphatic carbocycles. The smallest absolute Gasteiger partial charge is 0.191 e. The number of rotatable bonds is 5. The van der Waals surface area contributed by atoms with Crippen LogP contribution >= 0.6 is 0 Å². The number of hydrogen-bond donors (Lipinski definition) is 2. The van der Waals surface area contributed by atoms with Crippen molar-refractivity contribution in [3.8, 4) is 0 Å². The van der Waals surface area contributed by atoms with E-state index in [-0.39, 0.29) is 0 Å². The first kappa shape index (κ1) is 15.5. The average Bonchev–Trinajstić information content (AvgIpc) is 3.21. The molecule has 2 aromatic rings. The maximum atomic E-state index is 4.83. The number of guanidine groups is 1. The summed E-state index contributed by atoms with van der Waals surface area (Å²) in [6.07, 6.45) is 4.40. The van der Waals surface area contributed by atoms with Gasteiger partial charge in [-0.25, -0.2) is 14.7 Å². The molecule has 0 radical (unpaired) electrons. The van der Waals surface area contributed by atoms with E-state index < -0.39 is 0 Å². The molecule has 0 aromatic carbocycles. The van der Waals surface area contributed by atoms with E-state index in [0.717, 1.165) is 55.7 Å². The first-order valence-corrected chi connectivity index (χ1v) is 8.15. The Bertz CT molecular complexity index is 647. The zero-order valence-electron chi connectivity index (χ0n) is 13.6. The lowest BCUT2D eigenvalue weighted by Crippen LogP contribution is -2.47. The van der Waals surface area contributed by atoms with Gasteiger partial charge in [-0.3, -0.25) is 0 Å². The highest BCUT2D eigenvalue weighted by Gasteiger charge is 2.22. The van der Waals surface area contributed by atoms with Gasteiger partial charge in [0.25, 0.3) is 0 Å². The molecule has 0 saturated carbocycles. The maximum absolute atomic E-state index is 4.83. The van der Waals surface area contributed by atoms with Crippen LogP contribution in [0, 0.1) is 0 Å². The number of nitrogens with one attached hydrogen (secondary N) is 2. The minimum absolute atomic E-state index is 0.295. The Balaban J connectivity index is 1.62. The van der Waals surface area contributed by atoms with Crippen LogP contribution in [0.5, 0.6) is 0 Å². The molecule has 2 aromatic heterocycles. The zero-order valence-corrected chi connectivity index (χ0v) is 13.6. The largest absolute Gasteiger partial charge is 0.364 e. The van der Waals surface area contributed by atoms with Gasteiger partial charge in [-0.15, -0.1) is 0 Å². The van der Waals surface area contributed by atoms with Gasteiger partial charge < -0.3 is 15.2 Å². The van der Waals surface area contributed by atoms with Gasteiger partial charge in [-0.05, 0) is 13.3 Å². The lowest BCUT2D eigenvalue weighted by Gasteiger charge is -2.25. The van der Waals surface area contributed by atoms with Crippen molar-refractivity contribution in [1.29, 1.82) is 0 Å².